The molecule has 6 heteroatoms. The van der Waals surface area contributed by atoms with Gasteiger partial charge in [-0.1, -0.05) is 24.3 Å². The Morgan fingerprint density at radius 3 is 2.35 bits per heavy atom. The summed E-state index contributed by atoms with van der Waals surface area (Å²) >= 11 is 0. The molecule has 2 aromatic rings. The van der Waals surface area contributed by atoms with Crippen molar-refractivity contribution in [1.82, 2.24) is 4.90 Å². The number of likely N-dealkylation sites (tertiary alicyclic amines) is 1. The zero-order valence-electron chi connectivity index (χ0n) is 14.0. The molecule has 0 saturated carbocycles. The van der Waals surface area contributed by atoms with Crippen LogP contribution in [0, 0.1) is 23.1 Å². The van der Waals surface area contributed by atoms with Crippen LogP contribution in [0.15, 0.2) is 42.5 Å². The smallest absolute Gasteiger partial charge is 0.306 e. The number of nitrogens with zero attached hydrogens (tertiary/aromatic N) is 2. The number of carbonyl (C=O) groups is 2. The van der Waals surface area contributed by atoms with E-state index in [0.29, 0.717) is 42.6 Å². The summed E-state index contributed by atoms with van der Waals surface area (Å²) in [5.41, 5.74) is 1.59. The second-order valence-electron chi connectivity index (χ2n) is 6.26. The van der Waals surface area contributed by atoms with Gasteiger partial charge >= 0.3 is 5.97 Å². The minimum Gasteiger partial charge on any atom is -0.481 e. The first-order chi connectivity index (χ1) is 12.5. The Morgan fingerprint density at radius 1 is 1.12 bits per heavy atom. The third kappa shape index (κ3) is 3.42. The fourth-order valence-corrected chi connectivity index (χ4v) is 3.18. The molecule has 0 bridgehead atoms. The maximum atomic E-state index is 13.7. The second kappa shape index (κ2) is 7.36. The number of piperidine rings is 1. The topological polar surface area (TPSA) is 81.4 Å². The Balaban J connectivity index is 1.76. The second-order valence-corrected chi connectivity index (χ2v) is 6.26. The molecule has 1 aliphatic rings. The standard InChI is InChI=1S/C20H17FN2O3/c21-18-3-1-2-16(17(18)12-22)13-4-6-14(7-5-13)19(24)23-10-8-15(9-11-23)20(25)26/h1-7,15H,8-11H2,(H,25,26). The van der Waals surface area contributed by atoms with Crippen molar-refractivity contribution in [3.8, 4) is 17.2 Å². The molecule has 0 atom stereocenters. The van der Waals surface area contributed by atoms with E-state index >= 15 is 0 Å². The highest BCUT2D eigenvalue weighted by molar-refractivity contribution is 5.95. The summed E-state index contributed by atoms with van der Waals surface area (Å²) in [5, 5.41) is 18.2. The van der Waals surface area contributed by atoms with Gasteiger partial charge in [0, 0.05) is 24.2 Å². The lowest BCUT2D eigenvalue weighted by atomic mass is 9.96. The number of carboxylic acid groups (broad SMARTS) is 1. The molecule has 26 heavy (non-hydrogen) atoms. The molecule has 0 aromatic heterocycles. The third-order valence-electron chi connectivity index (χ3n) is 4.70. The number of carboxylic acids is 1. The van der Waals surface area contributed by atoms with Crippen molar-refractivity contribution in [2.45, 2.75) is 12.8 Å². The van der Waals surface area contributed by atoms with Crippen molar-refractivity contribution in [3.05, 3.63) is 59.4 Å². The summed E-state index contributed by atoms with van der Waals surface area (Å²) < 4.78 is 13.7. The number of hydrogen-bond acceptors (Lipinski definition) is 3. The molecule has 0 radical (unpaired) electrons. The highest BCUT2D eigenvalue weighted by Crippen LogP contribution is 2.26. The molecule has 0 spiro atoms. The maximum absolute atomic E-state index is 13.7. The Kier molecular flexibility index (Phi) is 4.99. The third-order valence-corrected chi connectivity index (χ3v) is 4.70. The van der Waals surface area contributed by atoms with Gasteiger partial charge in [-0.3, -0.25) is 9.59 Å². The van der Waals surface area contributed by atoms with Crippen LogP contribution in [0.25, 0.3) is 11.1 Å². The normalized spacial score (nSPS) is 14.7. The van der Waals surface area contributed by atoms with E-state index in [4.69, 9.17) is 10.4 Å². The van der Waals surface area contributed by atoms with Crippen molar-refractivity contribution in [2.24, 2.45) is 5.92 Å². The van der Waals surface area contributed by atoms with E-state index in [1.165, 1.54) is 12.1 Å². The van der Waals surface area contributed by atoms with Crippen molar-refractivity contribution in [1.29, 1.82) is 5.26 Å². The Labute approximate surface area is 150 Å². The molecule has 1 amide bonds. The average Bonchev–Trinajstić information content (AvgIpc) is 2.67. The largest absolute Gasteiger partial charge is 0.481 e. The van der Waals surface area contributed by atoms with Gasteiger partial charge in [0.05, 0.1) is 11.5 Å². The Hall–Kier alpha value is -3.20. The minimum atomic E-state index is -0.815. The number of benzene rings is 2. The molecule has 1 heterocycles. The summed E-state index contributed by atoms with van der Waals surface area (Å²) in [6, 6.07) is 13.0. The molecule has 132 valence electrons. The fourth-order valence-electron chi connectivity index (χ4n) is 3.18. The summed E-state index contributed by atoms with van der Waals surface area (Å²) in [6.45, 7) is 0.833. The highest BCUT2D eigenvalue weighted by atomic mass is 19.1. The van der Waals surface area contributed by atoms with Crippen LogP contribution in [-0.4, -0.2) is 35.0 Å². The molecule has 2 aromatic carbocycles. The van der Waals surface area contributed by atoms with Crippen LogP contribution in [0.4, 0.5) is 4.39 Å². The van der Waals surface area contributed by atoms with E-state index in [-0.39, 0.29) is 17.4 Å². The zero-order chi connectivity index (χ0) is 18.7. The van der Waals surface area contributed by atoms with Gasteiger partial charge in [0.2, 0.25) is 0 Å². The van der Waals surface area contributed by atoms with Crippen LogP contribution >= 0.6 is 0 Å². The first-order valence-corrected chi connectivity index (χ1v) is 8.32. The first kappa shape index (κ1) is 17.6. The van der Waals surface area contributed by atoms with Crippen molar-refractivity contribution < 1.29 is 19.1 Å². The average molecular weight is 352 g/mol. The number of carbonyl (C=O) groups excluding carboxylic acids is 1. The number of amides is 1. The number of rotatable bonds is 3. The molecule has 3 rings (SSSR count). The summed E-state index contributed by atoms with van der Waals surface area (Å²) in [4.78, 5) is 25.2. The minimum absolute atomic E-state index is 0.0256. The lowest BCUT2D eigenvalue weighted by Crippen LogP contribution is -2.40. The van der Waals surface area contributed by atoms with E-state index in [1.54, 1.807) is 35.2 Å². The molecule has 1 N–H and O–H groups in total. The van der Waals surface area contributed by atoms with Gasteiger partial charge in [0.25, 0.3) is 5.91 Å². The van der Waals surface area contributed by atoms with Crippen LogP contribution < -0.4 is 0 Å². The molecule has 5 nitrogen and oxygen atoms in total. The van der Waals surface area contributed by atoms with Gasteiger partial charge in [0.15, 0.2) is 0 Å². The Morgan fingerprint density at radius 2 is 1.77 bits per heavy atom. The van der Waals surface area contributed by atoms with Crippen molar-refractivity contribution in [2.75, 3.05) is 13.1 Å². The van der Waals surface area contributed by atoms with E-state index in [2.05, 4.69) is 0 Å². The molecular formula is C20H17FN2O3. The maximum Gasteiger partial charge on any atom is 0.306 e. The van der Waals surface area contributed by atoms with Crippen LogP contribution in [0.2, 0.25) is 0 Å². The van der Waals surface area contributed by atoms with Gasteiger partial charge in [-0.15, -0.1) is 0 Å². The zero-order valence-corrected chi connectivity index (χ0v) is 14.0. The summed E-state index contributed by atoms with van der Waals surface area (Å²) in [6.07, 6.45) is 0.905. The van der Waals surface area contributed by atoms with Crippen molar-refractivity contribution in [3.63, 3.8) is 0 Å². The highest BCUT2D eigenvalue weighted by Gasteiger charge is 2.27. The SMILES string of the molecule is N#Cc1c(F)cccc1-c1ccc(C(=O)N2CCC(C(=O)O)CC2)cc1. The molecule has 0 aliphatic carbocycles. The molecule has 0 unspecified atom stereocenters. The molecule has 1 aliphatic heterocycles. The van der Waals surface area contributed by atoms with Crippen LogP contribution in [0.1, 0.15) is 28.8 Å². The Bertz CT molecular complexity index is 879. The fraction of sp³-hybridized carbons (Fsp3) is 0.250. The summed E-state index contributed by atoms with van der Waals surface area (Å²) in [7, 11) is 0. The molecule has 1 fully saturated rings. The van der Waals surface area contributed by atoms with E-state index < -0.39 is 11.8 Å². The van der Waals surface area contributed by atoms with E-state index in [0.717, 1.165) is 0 Å². The van der Waals surface area contributed by atoms with Crippen LogP contribution in [0.5, 0.6) is 0 Å². The van der Waals surface area contributed by atoms with Gasteiger partial charge in [-0.05, 0) is 36.6 Å². The monoisotopic (exact) mass is 352 g/mol. The van der Waals surface area contributed by atoms with E-state index in [1.807, 2.05) is 6.07 Å². The van der Waals surface area contributed by atoms with Gasteiger partial charge in [-0.2, -0.15) is 5.26 Å². The van der Waals surface area contributed by atoms with Gasteiger partial charge in [-0.25, -0.2) is 4.39 Å². The number of aliphatic carboxylic acids is 1. The van der Waals surface area contributed by atoms with Gasteiger partial charge < -0.3 is 10.0 Å². The number of hydrogen-bond donors (Lipinski definition) is 1. The van der Waals surface area contributed by atoms with Gasteiger partial charge in [0.1, 0.15) is 11.9 Å². The predicted molar refractivity (Wildman–Crippen MR) is 92.8 cm³/mol. The number of nitriles is 1. The summed E-state index contributed by atoms with van der Waals surface area (Å²) in [5.74, 6) is -1.93. The van der Waals surface area contributed by atoms with E-state index in [9.17, 15) is 14.0 Å². The molecule has 1 saturated heterocycles. The number of halogens is 1. The quantitative estimate of drug-likeness (QED) is 0.919. The van der Waals surface area contributed by atoms with Crippen LogP contribution in [-0.2, 0) is 4.79 Å². The molecular weight excluding hydrogens is 335 g/mol. The lowest BCUT2D eigenvalue weighted by Gasteiger charge is -2.30. The van der Waals surface area contributed by atoms with Crippen LogP contribution in [0.3, 0.4) is 0 Å². The predicted octanol–water partition coefficient (Wildman–Crippen LogP) is 3.30. The first-order valence-electron chi connectivity index (χ1n) is 8.32. The van der Waals surface area contributed by atoms with Crippen molar-refractivity contribution >= 4 is 11.9 Å². The lowest BCUT2D eigenvalue weighted by molar-refractivity contribution is -0.143.